The number of nitrogens with one attached hydrogen (secondary N) is 1. The average Bonchev–Trinajstić information content (AvgIpc) is 3.54. The lowest BCUT2D eigenvalue weighted by atomic mass is 10.1. The molecule has 1 aromatic rings. The smallest absolute Gasteiger partial charge is 0.193 e. The lowest BCUT2D eigenvalue weighted by Crippen LogP contribution is -2.41. The van der Waals surface area contributed by atoms with Gasteiger partial charge in [0.25, 0.3) is 0 Å². The summed E-state index contributed by atoms with van der Waals surface area (Å²) in [6.07, 6.45) is 2.64. The summed E-state index contributed by atoms with van der Waals surface area (Å²) < 4.78 is 16.6. The maximum Gasteiger partial charge on any atom is 0.193 e. The number of aliphatic imine (C=N–C) groups is 1. The maximum absolute atomic E-state index is 5.78. The summed E-state index contributed by atoms with van der Waals surface area (Å²) in [5.41, 5.74) is 1.14. The van der Waals surface area contributed by atoms with E-state index in [1.165, 1.54) is 12.8 Å². The second-order valence-electron chi connectivity index (χ2n) is 7.73. The molecule has 7 heteroatoms. The lowest BCUT2D eigenvalue weighted by Gasteiger charge is -2.26. The normalized spacial score (nSPS) is 15.3. The molecule has 0 aromatic heterocycles. The van der Waals surface area contributed by atoms with Gasteiger partial charge in [0.05, 0.1) is 33.4 Å². The first-order valence-corrected chi connectivity index (χ1v) is 10.5. The van der Waals surface area contributed by atoms with Crippen molar-refractivity contribution in [3.63, 3.8) is 0 Å². The molecule has 0 spiro atoms. The Kier molecular flexibility index (Phi) is 9.54. The standard InChI is InChI=1S/C22H38N4O3/c1-7-23-22(26(4)12-13-29-16-17-8-9-17)24-15-19(25(2)3)18-10-11-20(27-5)21(14-18)28-6/h10-11,14,17,19H,7-9,12-13,15-16H2,1-6H3,(H,23,24). The predicted molar refractivity (Wildman–Crippen MR) is 118 cm³/mol. The highest BCUT2D eigenvalue weighted by Crippen LogP contribution is 2.31. The van der Waals surface area contributed by atoms with Crippen LogP contribution in [0.4, 0.5) is 0 Å². The topological polar surface area (TPSA) is 58.6 Å². The molecule has 1 saturated carbocycles. The fraction of sp³-hybridized carbons (Fsp3) is 0.682. The van der Waals surface area contributed by atoms with Crippen LogP contribution in [0.2, 0.25) is 0 Å². The zero-order chi connectivity index (χ0) is 21.2. The van der Waals surface area contributed by atoms with E-state index >= 15 is 0 Å². The minimum absolute atomic E-state index is 0.128. The van der Waals surface area contributed by atoms with E-state index in [4.69, 9.17) is 19.2 Å². The van der Waals surface area contributed by atoms with Gasteiger partial charge in [-0.2, -0.15) is 0 Å². The Morgan fingerprint density at radius 2 is 1.90 bits per heavy atom. The highest BCUT2D eigenvalue weighted by molar-refractivity contribution is 5.79. The van der Waals surface area contributed by atoms with Crippen LogP contribution in [0.25, 0.3) is 0 Å². The van der Waals surface area contributed by atoms with Gasteiger partial charge in [-0.25, -0.2) is 0 Å². The van der Waals surface area contributed by atoms with E-state index in [2.05, 4.69) is 49.2 Å². The zero-order valence-electron chi connectivity index (χ0n) is 18.9. The van der Waals surface area contributed by atoms with Crippen LogP contribution in [-0.4, -0.2) is 84.0 Å². The van der Waals surface area contributed by atoms with Crippen LogP contribution >= 0.6 is 0 Å². The number of guanidine groups is 1. The predicted octanol–water partition coefficient (Wildman–Crippen LogP) is 2.63. The van der Waals surface area contributed by atoms with Crippen molar-refractivity contribution in [3.05, 3.63) is 23.8 Å². The SMILES string of the molecule is CCNC(=NCC(c1ccc(OC)c(OC)c1)N(C)C)N(C)CCOCC1CC1. The van der Waals surface area contributed by atoms with E-state index in [0.717, 1.165) is 55.2 Å². The molecule has 0 bridgehead atoms. The highest BCUT2D eigenvalue weighted by Gasteiger charge is 2.21. The molecular weight excluding hydrogens is 368 g/mol. The quantitative estimate of drug-likeness (QED) is 0.327. The van der Waals surface area contributed by atoms with Gasteiger partial charge in [0.15, 0.2) is 17.5 Å². The van der Waals surface area contributed by atoms with Gasteiger partial charge in [0.2, 0.25) is 0 Å². The Labute approximate surface area is 176 Å². The van der Waals surface area contributed by atoms with E-state index in [1.807, 2.05) is 12.1 Å². The fourth-order valence-electron chi connectivity index (χ4n) is 3.11. The molecule has 0 radical (unpaired) electrons. The Morgan fingerprint density at radius 1 is 1.17 bits per heavy atom. The summed E-state index contributed by atoms with van der Waals surface area (Å²) in [6.45, 7) is 5.99. The molecule has 0 heterocycles. The number of nitrogens with zero attached hydrogens (tertiary/aromatic N) is 3. The Balaban J connectivity index is 2.04. The minimum atomic E-state index is 0.128. The van der Waals surface area contributed by atoms with Crippen molar-refractivity contribution >= 4 is 5.96 Å². The third-order valence-electron chi connectivity index (χ3n) is 5.15. The molecule has 1 aromatic carbocycles. The van der Waals surface area contributed by atoms with Gasteiger partial charge in [-0.3, -0.25) is 4.99 Å². The van der Waals surface area contributed by atoms with Crippen molar-refractivity contribution in [1.29, 1.82) is 0 Å². The van der Waals surface area contributed by atoms with Crippen LogP contribution in [0.5, 0.6) is 11.5 Å². The summed E-state index contributed by atoms with van der Waals surface area (Å²) in [7, 11) is 9.51. The Hall–Kier alpha value is -1.99. The molecular formula is C22H38N4O3. The Bertz CT molecular complexity index is 647. The summed E-state index contributed by atoms with van der Waals surface area (Å²) >= 11 is 0. The molecule has 1 atom stereocenters. The van der Waals surface area contributed by atoms with Crippen LogP contribution in [0.1, 0.15) is 31.4 Å². The molecule has 0 saturated heterocycles. The van der Waals surface area contributed by atoms with E-state index in [9.17, 15) is 0 Å². The molecule has 7 nitrogen and oxygen atoms in total. The van der Waals surface area contributed by atoms with Crippen LogP contribution in [-0.2, 0) is 4.74 Å². The molecule has 0 amide bonds. The van der Waals surface area contributed by atoms with Crippen molar-refractivity contribution in [1.82, 2.24) is 15.1 Å². The molecule has 29 heavy (non-hydrogen) atoms. The molecule has 1 unspecified atom stereocenters. The number of rotatable bonds is 12. The summed E-state index contributed by atoms with van der Waals surface area (Å²) in [4.78, 5) is 9.21. The van der Waals surface area contributed by atoms with Gasteiger partial charge < -0.3 is 29.3 Å². The zero-order valence-corrected chi connectivity index (χ0v) is 18.9. The Morgan fingerprint density at radius 3 is 2.48 bits per heavy atom. The first-order valence-electron chi connectivity index (χ1n) is 10.5. The molecule has 0 aliphatic heterocycles. The van der Waals surface area contributed by atoms with E-state index in [1.54, 1.807) is 14.2 Å². The molecule has 1 aliphatic carbocycles. The van der Waals surface area contributed by atoms with Crippen molar-refractivity contribution in [2.24, 2.45) is 10.9 Å². The third-order valence-corrected chi connectivity index (χ3v) is 5.15. The highest BCUT2D eigenvalue weighted by atomic mass is 16.5. The van der Waals surface area contributed by atoms with Crippen LogP contribution in [0.3, 0.4) is 0 Å². The number of methoxy groups -OCH3 is 2. The molecule has 1 aliphatic rings. The second kappa shape index (κ2) is 11.9. The molecule has 164 valence electrons. The van der Waals surface area contributed by atoms with Gasteiger partial charge in [-0.1, -0.05) is 6.07 Å². The van der Waals surface area contributed by atoms with Gasteiger partial charge in [-0.05, 0) is 57.5 Å². The molecule has 1 N–H and O–H groups in total. The monoisotopic (exact) mass is 406 g/mol. The number of benzene rings is 1. The van der Waals surface area contributed by atoms with Gasteiger partial charge in [0, 0.05) is 26.7 Å². The van der Waals surface area contributed by atoms with Crippen molar-refractivity contribution in [2.75, 3.05) is 68.2 Å². The third kappa shape index (κ3) is 7.40. The number of hydrogen-bond acceptors (Lipinski definition) is 5. The maximum atomic E-state index is 5.78. The fourth-order valence-corrected chi connectivity index (χ4v) is 3.11. The van der Waals surface area contributed by atoms with E-state index in [0.29, 0.717) is 6.54 Å². The largest absolute Gasteiger partial charge is 0.493 e. The molecule has 2 rings (SSSR count). The number of likely N-dealkylation sites (N-methyl/N-ethyl adjacent to an activating group) is 2. The van der Waals surface area contributed by atoms with Crippen molar-refractivity contribution in [3.8, 4) is 11.5 Å². The summed E-state index contributed by atoms with van der Waals surface area (Å²) in [5.74, 6) is 3.16. The van der Waals surface area contributed by atoms with Gasteiger partial charge >= 0.3 is 0 Å². The van der Waals surface area contributed by atoms with Gasteiger partial charge in [-0.15, -0.1) is 0 Å². The molecule has 1 fully saturated rings. The van der Waals surface area contributed by atoms with E-state index < -0.39 is 0 Å². The lowest BCUT2D eigenvalue weighted by molar-refractivity contribution is 0.115. The van der Waals surface area contributed by atoms with Crippen LogP contribution in [0.15, 0.2) is 23.2 Å². The van der Waals surface area contributed by atoms with Crippen molar-refractivity contribution in [2.45, 2.75) is 25.8 Å². The van der Waals surface area contributed by atoms with E-state index in [-0.39, 0.29) is 6.04 Å². The number of hydrogen-bond donors (Lipinski definition) is 1. The first kappa shape index (κ1) is 23.3. The van der Waals surface area contributed by atoms with Gasteiger partial charge in [0.1, 0.15) is 0 Å². The average molecular weight is 407 g/mol. The first-order chi connectivity index (χ1) is 14.0. The summed E-state index contributed by atoms with van der Waals surface area (Å²) in [6, 6.07) is 6.18. The van der Waals surface area contributed by atoms with Crippen molar-refractivity contribution < 1.29 is 14.2 Å². The second-order valence-corrected chi connectivity index (χ2v) is 7.73. The number of ether oxygens (including phenoxy) is 3. The van der Waals surface area contributed by atoms with Crippen LogP contribution < -0.4 is 14.8 Å². The van der Waals surface area contributed by atoms with Crippen LogP contribution in [0, 0.1) is 5.92 Å². The summed E-state index contributed by atoms with van der Waals surface area (Å²) in [5, 5.41) is 3.39. The minimum Gasteiger partial charge on any atom is -0.493 e.